The van der Waals surface area contributed by atoms with Crippen molar-refractivity contribution in [3.8, 4) is 5.75 Å². The maximum absolute atomic E-state index is 14.2. The molecule has 1 aromatic heterocycles. The summed E-state index contributed by atoms with van der Waals surface area (Å²) in [4.78, 5) is 43.6. The van der Waals surface area contributed by atoms with Gasteiger partial charge in [0, 0.05) is 23.7 Å². The molecule has 61 heavy (non-hydrogen) atoms. The molecule has 3 aromatic rings. The molecule has 2 amide bonds. The molecular weight excluding hydrogens is 817 g/mol. The number of nitrogens with zero attached hydrogens (tertiary/aromatic N) is 2. The number of rotatable bonds is 14. The second-order valence-corrected chi connectivity index (χ2v) is 22.8. The largest absolute Gasteiger partial charge is 0.497 e. The lowest BCUT2D eigenvalue weighted by Crippen LogP contribution is -2.52. The first-order chi connectivity index (χ1) is 28.2. The van der Waals surface area contributed by atoms with Crippen LogP contribution in [0, 0.1) is 11.3 Å². The second kappa shape index (κ2) is 18.3. The highest BCUT2D eigenvalue weighted by molar-refractivity contribution is 7.89. The van der Waals surface area contributed by atoms with Crippen LogP contribution in [-0.2, 0) is 48.3 Å². The van der Waals surface area contributed by atoms with Gasteiger partial charge in [-0.1, -0.05) is 39.8 Å². The van der Waals surface area contributed by atoms with E-state index in [9.17, 15) is 22.8 Å². The van der Waals surface area contributed by atoms with Crippen molar-refractivity contribution < 1.29 is 41.7 Å². The van der Waals surface area contributed by atoms with E-state index in [1.165, 1.54) is 34.9 Å². The SMILES string of the molecule is COc1ccc(S(=O)(=O)N(CC(C)C)C[C@H]2OC(C)(C)N(C(=O)OC(C)(C)C)[C@H]2Cc2ccc(NCC(=O)Nc3sc4c(c3C(=O)OC(C)(C)C)CC(C)(C)CC4)cc2)cc1. The molecule has 2 atom stereocenters. The number of benzene rings is 2. The number of ether oxygens (including phenoxy) is 4. The van der Waals surface area contributed by atoms with Gasteiger partial charge in [0.05, 0.1) is 36.3 Å². The molecule has 5 rings (SSSR count). The number of esters is 1. The highest BCUT2D eigenvalue weighted by Crippen LogP contribution is 2.44. The number of nitrogens with one attached hydrogen (secondary N) is 2. The zero-order valence-corrected chi connectivity index (χ0v) is 39.8. The van der Waals surface area contributed by atoms with Crippen LogP contribution in [0.1, 0.15) is 116 Å². The van der Waals surface area contributed by atoms with Gasteiger partial charge in [-0.25, -0.2) is 18.0 Å². The van der Waals surface area contributed by atoms with Crippen molar-refractivity contribution >= 4 is 50.0 Å². The van der Waals surface area contributed by atoms with Crippen LogP contribution in [0.3, 0.4) is 0 Å². The van der Waals surface area contributed by atoms with Gasteiger partial charge < -0.3 is 29.6 Å². The third-order valence-electron chi connectivity index (χ3n) is 10.5. The topological polar surface area (TPSA) is 153 Å². The van der Waals surface area contributed by atoms with Crippen molar-refractivity contribution in [3.63, 3.8) is 0 Å². The number of anilines is 2. The summed E-state index contributed by atoms with van der Waals surface area (Å²) in [6.07, 6.45) is 1.62. The van der Waals surface area contributed by atoms with Crippen molar-refractivity contribution in [3.05, 3.63) is 70.1 Å². The van der Waals surface area contributed by atoms with E-state index < -0.39 is 51.2 Å². The van der Waals surface area contributed by atoms with Gasteiger partial charge in [-0.2, -0.15) is 4.31 Å². The number of carbonyl (C=O) groups is 3. The van der Waals surface area contributed by atoms with Crippen LogP contribution in [0.5, 0.6) is 5.75 Å². The number of hydrogen-bond donors (Lipinski definition) is 2. The molecule has 2 aliphatic rings. The molecule has 0 radical (unpaired) electrons. The predicted molar refractivity (Wildman–Crippen MR) is 240 cm³/mol. The van der Waals surface area contributed by atoms with Gasteiger partial charge in [0.2, 0.25) is 15.9 Å². The number of sulfonamides is 1. The highest BCUT2D eigenvalue weighted by atomic mass is 32.2. The van der Waals surface area contributed by atoms with Crippen molar-refractivity contribution in [2.45, 2.75) is 143 Å². The minimum absolute atomic E-state index is 0.0000399. The van der Waals surface area contributed by atoms with Gasteiger partial charge in [-0.15, -0.1) is 11.3 Å². The molecule has 2 heterocycles. The maximum Gasteiger partial charge on any atom is 0.412 e. The molecule has 1 aliphatic carbocycles. The standard InChI is InChI=1S/C46H66N4O9S2/c1-29(2)27-49(61(54,55)33-20-18-32(56-13)19-21-33)28-36-35(50(46(11,12)57-36)42(53)59-44(6,7)8)24-30-14-16-31(17-15-30)47-26-38(51)48-40-39(41(52)58-43(3,4)5)34-25-45(9,10)23-22-37(34)60-40/h14-21,29,35-36,47H,22-28H2,1-13H3,(H,48,51)/t35-,36+/m0/s1. The molecule has 2 aromatic carbocycles. The Morgan fingerprint density at radius 3 is 2.15 bits per heavy atom. The van der Waals surface area contributed by atoms with Crippen LogP contribution < -0.4 is 15.4 Å². The Balaban J connectivity index is 1.35. The zero-order chi connectivity index (χ0) is 45.3. The summed E-state index contributed by atoms with van der Waals surface area (Å²) in [5, 5.41) is 6.69. The monoisotopic (exact) mass is 882 g/mol. The molecular formula is C46H66N4O9S2. The Morgan fingerprint density at radius 1 is 0.951 bits per heavy atom. The van der Waals surface area contributed by atoms with Crippen molar-refractivity contribution in [1.29, 1.82) is 0 Å². The summed E-state index contributed by atoms with van der Waals surface area (Å²) in [5.41, 5.74) is 0.400. The smallest absolute Gasteiger partial charge is 0.412 e. The molecule has 2 N–H and O–H groups in total. The Kier molecular flexibility index (Phi) is 14.3. The molecule has 13 nitrogen and oxygen atoms in total. The van der Waals surface area contributed by atoms with Crippen molar-refractivity contribution in [1.82, 2.24) is 9.21 Å². The van der Waals surface area contributed by atoms with E-state index in [1.54, 1.807) is 51.7 Å². The summed E-state index contributed by atoms with van der Waals surface area (Å²) >= 11 is 1.45. The molecule has 1 saturated heterocycles. The van der Waals surface area contributed by atoms with Crippen LogP contribution in [-0.4, -0.2) is 91.4 Å². The van der Waals surface area contributed by atoms with Crippen molar-refractivity contribution in [2.24, 2.45) is 11.3 Å². The molecule has 0 spiro atoms. The molecule has 15 heteroatoms. The maximum atomic E-state index is 14.2. The zero-order valence-electron chi connectivity index (χ0n) is 38.2. The van der Waals surface area contributed by atoms with Crippen LogP contribution in [0.2, 0.25) is 0 Å². The molecule has 0 bridgehead atoms. The van der Waals surface area contributed by atoms with Gasteiger partial charge in [-0.3, -0.25) is 9.69 Å². The molecule has 336 valence electrons. The average molecular weight is 883 g/mol. The number of thiophene rings is 1. The predicted octanol–water partition coefficient (Wildman–Crippen LogP) is 8.91. The second-order valence-electron chi connectivity index (χ2n) is 19.8. The highest BCUT2D eigenvalue weighted by Gasteiger charge is 2.52. The van der Waals surface area contributed by atoms with E-state index in [2.05, 4.69) is 24.5 Å². The Morgan fingerprint density at radius 2 is 1.57 bits per heavy atom. The van der Waals surface area contributed by atoms with Gasteiger partial charge in [0.25, 0.3) is 0 Å². The number of fused-ring (bicyclic) bond motifs is 1. The van der Waals surface area contributed by atoms with Crippen LogP contribution in [0.15, 0.2) is 53.4 Å². The van der Waals surface area contributed by atoms with Gasteiger partial charge in [0.15, 0.2) is 0 Å². The lowest BCUT2D eigenvalue weighted by molar-refractivity contribution is -0.114. The number of hydrogen-bond acceptors (Lipinski definition) is 11. The third-order valence-corrected chi connectivity index (χ3v) is 13.6. The Labute approximate surface area is 366 Å². The summed E-state index contributed by atoms with van der Waals surface area (Å²) in [6.45, 7) is 22.9. The van der Waals surface area contributed by atoms with Crippen LogP contribution >= 0.6 is 11.3 Å². The van der Waals surface area contributed by atoms with Gasteiger partial charge in [0.1, 0.15) is 27.7 Å². The van der Waals surface area contributed by atoms with E-state index in [0.29, 0.717) is 28.4 Å². The number of aryl methyl sites for hydroxylation is 1. The molecule has 0 unspecified atom stereocenters. The van der Waals surface area contributed by atoms with Crippen molar-refractivity contribution in [2.75, 3.05) is 37.4 Å². The number of methoxy groups -OCH3 is 1. The van der Waals surface area contributed by atoms with E-state index >= 15 is 0 Å². The van der Waals surface area contributed by atoms with E-state index in [4.69, 9.17) is 18.9 Å². The number of amides is 2. The first-order valence-electron chi connectivity index (χ1n) is 21.0. The lowest BCUT2D eigenvalue weighted by Gasteiger charge is -2.35. The Hall–Kier alpha value is -4.18. The lowest BCUT2D eigenvalue weighted by atomic mass is 9.76. The first kappa shape index (κ1) is 47.9. The fourth-order valence-electron chi connectivity index (χ4n) is 7.80. The van der Waals surface area contributed by atoms with Gasteiger partial charge >= 0.3 is 12.1 Å². The molecule has 1 fully saturated rings. The van der Waals surface area contributed by atoms with Crippen LogP contribution in [0.4, 0.5) is 15.5 Å². The molecule has 0 saturated carbocycles. The molecule has 1 aliphatic heterocycles. The van der Waals surface area contributed by atoms with Gasteiger partial charge in [-0.05, 0) is 140 Å². The minimum Gasteiger partial charge on any atom is -0.497 e. The quantitative estimate of drug-likeness (QED) is 0.150. The summed E-state index contributed by atoms with van der Waals surface area (Å²) in [7, 11) is -2.44. The normalized spacial score (nSPS) is 18.8. The van der Waals surface area contributed by atoms with Crippen LogP contribution in [0.25, 0.3) is 0 Å². The summed E-state index contributed by atoms with van der Waals surface area (Å²) < 4.78 is 53.3. The number of carbonyl (C=O) groups excluding carboxylic acids is 3. The Bertz CT molecular complexity index is 2150. The van der Waals surface area contributed by atoms with E-state index in [0.717, 1.165) is 35.3 Å². The van der Waals surface area contributed by atoms with E-state index in [1.807, 2.05) is 58.9 Å². The third kappa shape index (κ3) is 12.3. The fourth-order valence-corrected chi connectivity index (χ4v) is 10.6. The van der Waals surface area contributed by atoms with E-state index in [-0.39, 0.29) is 41.8 Å². The average Bonchev–Trinajstić information content (AvgIpc) is 3.60. The summed E-state index contributed by atoms with van der Waals surface area (Å²) in [5.74, 6) is -0.192. The fraction of sp³-hybridized carbons (Fsp3) is 0.587. The minimum atomic E-state index is -3.97. The first-order valence-corrected chi connectivity index (χ1v) is 23.3. The summed E-state index contributed by atoms with van der Waals surface area (Å²) in [6, 6.07) is 13.2.